The summed E-state index contributed by atoms with van der Waals surface area (Å²) in [6.07, 6.45) is 0. The van der Waals surface area contributed by atoms with Crippen LogP contribution in [0.15, 0.2) is 46.9 Å². The zero-order valence-corrected chi connectivity index (χ0v) is 13.1. The van der Waals surface area contributed by atoms with Gasteiger partial charge in [-0.25, -0.2) is 0 Å². The molecule has 3 aromatic rings. The number of aromatic nitrogens is 2. The predicted molar refractivity (Wildman–Crippen MR) is 85.0 cm³/mol. The van der Waals surface area contributed by atoms with Gasteiger partial charge in [0.05, 0.1) is 0 Å². The molecule has 0 saturated heterocycles. The predicted octanol–water partition coefficient (Wildman–Crippen LogP) is 4.59. The van der Waals surface area contributed by atoms with Gasteiger partial charge in [-0.2, -0.15) is 0 Å². The number of rotatable bonds is 4. The van der Waals surface area contributed by atoms with Crippen LogP contribution in [0.1, 0.15) is 17.0 Å². The number of aryl methyl sites for hydroxylation is 2. The second kappa shape index (κ2) is 6.20. The van der Waals surface area contributed by atoms with Crippen LogP contribution >= 0.6 is 11.6 Å². The molecule has 1 aromatic heterocycles. The summed E-state index contributed by atoms with van der Waals surface area (Å²) in [7, 11) is 0. The van der Waals surface area contributed by atoms with Gasteiger partial charge in [-0.05, 0) is 61.4 Å². The largest absolute Gasteiger partial charge is 0.484 e. The maximum Gasteiger partial charge on any atom is 0.254 e. The Labute approximate surface area is 133 Å². The number of ether oxygens (including phenoxy) is 1. The number of benzene rings is 2. The number of nitrogens with zero attached hydrogens (tertiary/aromatic N) is 2. The van der Waals surface area contributed by atoms with Gasteiger partial charge in [0.15, 0.2) is 6.61 Å². The molecule has 0 bridgehead atoms. The fourth-order valence-electron chi connectivity index (χ4n) is 2.18. The minimum absolute atomic E-state index is 0.240. The summed E-state index contributed by atoms with van der Waals surface area (Å²) in [6, 6.07) is 13.3. The van der Waals surface area contributed by atoms with Gasteiger partial charge in [0.25, 0.3) is 5.89 Å². The van der Waals surface area contributed by atoms with E-state index in [2.05, 4.69) is 16.3 Å². The molecule has 0 fully saturated rings. The lowest BCUT2D eigenvalue weighted by Gasteiger charge is -2.05. The lowest BCUT2D eigenvalue weighted by atomic mass is 10.1. The third kappa shape index (κ3) is 3.46. The summed E-state index contributed by atoms with van der Waals surface area (Å²) in [6.45, 7) is 4.31. The van der Waals surface area contributed by atoms with Crippen molar-refractivity contribution in [1.82, 2.24) is 10.2 Å². The topological polar surface area (TPSA) is 48.2 Å². The maximum atomic E-state index is 5.86. The Balaban J connectivity index is 1.70. The fraction of sp³-hybridized carbons (Fsp3) is 0.176. The highest BCUT2D eigenvalue weighted by atomic mass is 35.5. The molecule has 4 nitrogen and oxygen atoms in total. The van der Waals surface area contributed by atoms with E-state index in [0.29, 0.717) is 16.8 Å². The summed E-state index contributed by atoms with van der Waals surface area (Å²) in [5.41, 5.74) is 3.14. The lowest BCUT2D eigenvalue weighted by molar-refractivity contribution is 0.264. The highest BCUT2D eigenvalue weighted by Gasteiger charge is 2.09. The van der Waals surface area contributed by atoms with Gasteiger partial charge in [-0.1, -0.05) is 17.7 Å². The zero-order chi connectivity index (χ0) is 15.5. The Kier molecular flexibility index (Phi) is 4.11. The summed E-state index contributed by atoms with van der Waals surface area (Å²) < 4.78 is 11.3. The first-order chi connectivity index (χ1) is 10.6. The molecule has 0 N–H and O–H groups in total. The molecule has 2 aromatic carbocycles. The van der Waals surface area contributed by atoms with E-state index in [9.17, 15) is 0 Å². The molecule has 0 spiro atoms. The molecule has 0 radical (unpaired) electrons. The second-order valence-electron chi connectivity index (χ2n) is 5.12. The van der Waals surface area contributed by atoms with Crippen molar-refractivity contribution >= 4 is 11.6 Å². The van der Waals surface area contributed by atoms with E-state index < -0.39 is 0 Å². The standard InChI is InChI=1S/C17H15ClN2O2/c1-11-7-12(2)9-15(8-11)21-10-16-19-20-17(22-16)13-3-5-14(18)6-4-13/h3-9H,10H2,1-2H3. The molecule has 5 heteroatoms. The normalized spacial score (nSPS) is 10.7. The van der Waals surface area contributed by atoms with Crippen molar-refractivity contribution in [3.05, 3.63) is 64.5 Å². The Morgan fingerprint density at radius 1 is 1.00 bits per heavy atom. The van der Waals surface area contributed by atoms with E-state index in [4.69, 9.17) is 20.8 Å². The third-order valence-corrected chi connectivity index (χ3v) is 3.37. The van der Waals surface area contributed by atoms with Gasteiger partial charge < -0.3 is 9.15 Å². The third-order valence-electron chi connectivity index (χ3n) is 3.12. The zero-order valence-electron chi connectivity index (χ0n) is 12.3. The molecule has 0 aliphatic rings. The molecule has 0 atom stereocenters. The summed E-state index contributed by atoms with van der Waals surface area (Å²) in [4.78, 5) is 0. The highest BCUT2D eigenvalue weighted by Crippen LogP contribution is 2.21. The van der Waals surface area contributed by atoms with Crippen molar-refractivity contribution in [2.24, 2.45) is 0 Å². The molecule has 0 unspecified atom stereocenters. The van der Waals surface area contributed by atoms with Gasteiger partial charge in [0.2, 0.25) is 5.89 Å². The average molecular weight is 315 g/mol. The van der Waals surface area contributed by atoms with Crippen molar-refractivity contribution in [1.29, 1.82) is 0 Å². The van der Waals surface area contributed by atoms with E-state index in [-0.39, 0.29) is 6.61 Å². The monoisotopic (exact) mass is 314 g/mol. The maximum absolute atomic E-state index is 5.86. The van der Waals surface area contributed by atoms with Gasteiger partial charge >= 0.3 is 0 Å². The van der Waals surface area contributed by atoms with E-state index in [1.54, 1.807) is 12.1 Å². The van der Waals surface area contributed by atoms with E-state index >= 15 is 0 Å². The Bertz CT molecular complexity index is 761. The lowest BCUT2D eigenvalue weighted by Crippen LogP contribution is -1.96. The van der Waals surface area contributed by atoms with Crippen molar-refractivity contribution in [2.75, 3.05) is 0 Å². The molecule has 1 heterocycles. The molecule has 0 aliphatic heterocycles. The van der Waals surface area contributed by atoms with Gasteiger partial charge in [-0.15, -0.1) is 10.2 Å². The summed E-state index contributed by atoms with van der Waals surface area (Å²) in [5.74, 6) is 1.68. The van der Waals surface area contributed by atoms with Crippen LogP contribution in [0.3, 0.4) is 0 Å². The first-order valence-electron chi connectivity index (χ1n) is 6.89. The van der Waals surface area contributed by atoms with Gasteiger partial charge in [0, 0.05) is 10.6 Å². The molecule has 3 rings (SSSR count). The Hall–Kier alpha value is -2.33. The molecule has 112 valence electrons. The van der Waals surface area contributed by atoms with Gasteiger partial charge in [0.1, 0.15) is 5.75 Å². The van der Waals surface area contributed by atoms with E-state index in [1.807, 2.05) is 38.1 Å². The smallest absolute Gasteiger partial charge is 0.254 e. The van der Waals surface area contributed by atoms with Crippen LogP contribution in [-0.4, -0.2) is 10.2 Å². The van der Waals surface area contributed by atoms with Crippen molar-refractivity contribution < 1.29 is 9.15 Å². The van der Waals surface area contributed by atoms with Crippen LogP contribution in [0.25, 0.3) is 11.5 Å². The quantitative estimate of drug-likeness (QED) is 0.707. The summed E-state index contributed by atoms with van der Waals surface area (Å²) in [5, 5.41) is 8.69. The first kappa shape index (κ1) is 14.6. The minimum Gasteiger partial charge on any atom is -0.484 e. The van der Waals surface area contributed by atoms with Gasteiger partial charge in [-0.3, -0.25) is 0 Å². The van der Waals surface area contributed by atoms with E-state index in [0.717, 1.165) is 22.4 Å². The Morgan fingerprint density at radius 2 is 1.68 bits per heavy atom. The fourth-order valence-corrected chi connectivity index (χ4v) is 2.31. The first-order valence-corrected chi connectivity index (χ1v) is 7.27. The van der Waals surface area contributed by atoms with Crippen LogP contribution in [0.5, 0.6) is 5.75 Å². The molecular formula is C17H15ClN2O2. The number of hydrogen-bond donors (Lipinski definition) is 0. The van der Waals surface area contributed by atoms with Crippen molar-refractivity contribution in [3.63, 3.8) is 0 Å². The highest BCUT2D eigenvalue weighted by molar-refractivity contribution is 6.30. The van der Waals surface area contributed by atoms with Crippen LogP contribution in [-0.2, 0) is 6.61 Å². The molecular weight excluding hydrogens is 300 g/mol. The number of halogens is 1. The molecule has 0 aliphatic carbocycles. The average Bonchev–Trinajstić information content (AvgIpc) is 2.94. The molecule has 0 amide bonds. The SMILES string of the molecule is Cc1cc(C)cc(OCc2nnc(-c3ccc(Cl)cc3)o2)c1. The Morgan fingerprint density at radius 3 is 2.36 bits per heavy atom. The van der Waals surface area contributed by atoms with E-state index in [1.165, 1.54) is 0 Å². The molecule has 22 heavy (non-hydrogen) atoms. The van der Waals surface area contributed by atoms with Crippen molar-refractivity contribution in [3.8, 4) is 17.2 Å². The van der Waals surface area contributed by atoms with Crippen LogP contribution < -0.4 is 4.74 Å². The van der Waals surface area contributed by atoms with Crippen LogP contribution in [0, 0.1) is 13.8 Å². The molecule has 0 saturated carbocycles. The van der Waals surface area contributed by atoms with Crippen LogP contribution in [0.2, 0.25) is 5.02 Å². The van der Waals surface area contributed by atoms with Crippen LogP contribution in [0.4, 0.5) is 0 Å². The summed E-state index contributed by atoms with van der Waals surface area (Å²) >= 11 is 5.86. The number of hydrogen-bond acceptors (Lipinski definition) is 4. The van der Waals surface area contributed by atoms with Crippen molar-refractivity contribution in [2.45, 2.75) is 20.5 Å². The second-order valence-corrected chi connectivity index (χ2v) is 5.56. The minimum atomic E-state index is 0.240.